The number of Topliss-reactive ketones (excluding diaryl/α,β-unsaturated/α-hetero) is 1. The van der Waals surface area contributed by atoms with Crippen molar-refractivity contribution in [3.05, 3.63) is 76.0 Å². The molecule has 0 aliphatic rings. The van der Waals surface area contributed by atoms with E-state index in [4.69, 9.17) is 5.26 Å². The van der Waals surface area contributed by atoms with E-state index in [1.54, 1.807) is 42.7 Å². The number of H-pyrrole nitrogens is 1. The number of nitrogens with one attached hydrogen (secondary N) is 1. The van der Waals surface area contributed by atoms with Crippen molar-refractivity contribution in [1.29, 1.82) is 5.26 Å². The van der Waals surface area contributed by atoms with E-state index in [1.807, 2.05) is 6.07 Å². The zero-order chi connectivity index (χ0) is 16.9. The molecule has 0 aliphatic heterocycles. The topological polar surface area (TPSA) is 104 Å². The van der Waals surface area contributed by atoms with Gasteiger partial charge in [-0.1, -0.05) is 12.1 Å². The highest BCUT2D eigenvalue weighted by atomic mass is 16.1. The SMILES string of the molecule is N#Cc1cccc(CC(=O)Cc2cnc(-n3cccn3)[nH]c2=O)c1. The first-order valence-electron chi connectivity index (χ1n) is 7.24. The van der Waals surface area contributed by atoms with Crippen LogP contribution in [0.5, 0.6) is 0 Å². The second kappa shape index (κ2) is 6.71. The van der Waals surface area contributed by atoms with Gasteiger partial charge >= 0.3 is 0 Å². The fourth-order valence-electron chi connectivity index (χ4n) is 2.30. The van der Waals surface area contributed by atoms with E-state index in [1.165, 1.54) is 10.9 Å². The van der Waals surface area contributed by atoms with Gasteiger partial charge in [-0.2, -0.15) is 10.4 Å². The number of benzene rings is 1. The third kappa shape index (κ3) is 3.44. The van der Waals surface area contributed by atoms with Crippen LogP contribution in [0.15, 0.2) is 53.7 Å². The maximum Gasteiger partial charge on any atom is 0.255 e. The van der Waals surface area contributed by atoms with E-state index < -0.39 is 0 Å². The van der Waals surface area contributed by atoms with Gasteiger partial charge in [0, 0.05) is 37.0 Å². The number of aromatic nitrogens is 4. The first-order valence-corrected chi connectivity index (χ1v) is 7.24. The molecule has 0 atom stereocenters. The van der Waals surface area contributed by atoms with E-state index in [9.17, 15) is 9.59 Å². The molecule has 3 aromatic rings. The van der Waals surface area contributed by atoms with Crippen LogP contribution in [0, 0.1) is 11.3 Å². The number of nitrogens with zero attached hydrogens (tertiary/aromatic N) is 4. The molecule has 0 unspecified atom stereocenters. The Morgan fingerprint density at radius 1 is 1.29 bits per heavy atom. The maximum atomic E-state index is 12.2. The fraction of sp³-hybridized carbons (Fsp3) is 0.118. The molecule has 0 saturated carbocycles. The lowest BCUT2D eigenvalue weighted by Crippen LogP contribution is -2.20. The highest BCUT2D eigenvalue weighted by Gasteiger charge is 2.10. The van der Waals surface area contributed by atoms with Gasteiger partial charge < -0.3 is 0 Å². The minimum atomic E-state index is -0.366. The normalized spacial score (nSPS) is 10.3. The van der Waals surface area contributed by atoms with Gasteiger partial charge in [0.15, 0.2) is 0 Å². The van der Waals surface area contributed by atoms with Crippen molar-refractivity contribution in [3.8, 4) is 12.0 Å². The Balaban J connectivity index is 1.72. The number of aromatic amines is 1. The van der Waals surface area contributed by atoms with Crippen LogP contribution in [0.1, 0.15) is 16.7 Å². The molecule has 7 heteroatoms. The summed E-state index contributed by atoms with van der Waals surface area (Å²) < 4.78 is 1.43. The average molecular weight is 319 g/mol. The quantitative estimate of drug-likeness (QED) is 0.760. The molecule has 2 aromatic heterocycles. The monoisotopic (exact) mass is 319 g/mol. The molecule has 2 heterocycles. The molecule has 0 spiro atoms. The van der Waals surface area contributed by atoms with Gasteiger partial charge in [-0.15, -0.1) is 0 Å². The van der Waals surface area contributed by atoms with Crippen molar-refractivity contribution in [1.82, 2.24) is 19.7 Å². The van der Waals surface area contributed by atoms with Crippen LogP contribution >= 0.6 is 0 Å². The summed E-state index contributed by atoms with van der Waals surface area (Å²) in [5, 5.41) is 12.9. The molecule has 0 bridgehead atoms. The predicted molar refractivity (Wildman–Crippen MR) is 85.6 cm³/mol. The number of hydrogen-bond donors (Lipinski definition) is 1. The Labute approximate surface area is 137 Å². The fourth-order valence-corrected chi connectivity index (χ4v) is 2.30. The Kier molecular flexibility index (Phi) is 4.29. The van der Waals surface area contributed by atoms with E-state index >= 15 is 0 Å². The molecule has 1 N–H and O–H groups in total. The summed E-state index contributed by atoms with van der Waals surface area (Å²) in [5.41, 5.74) is 1.18. The minimum Gasteiger partial charge on any atom is -0.299 e. The molecule has 7 nitrogen and oxygen atoms in total. The molecular weight excluding hydrogens is 306 g/mol. The molecule has 0 fully saturated rings. The van der Waals surface area contributed by atoms with Crippen molar-refractivity contribution in [3.63, 3.8) is 0 Å². The molecule has 1 aromatic carbocycles. The number of carbonyl (C=O) groups is 1. The van der Waals surface area contributed by atoms with E-state index in [0.717, 1.165) is 5.56 Å². The zero-order valence-corrected chi connectivity index (χ0v) is 12.6. The van der Waals surface area contributed by atoms with Crippen LogP contribution in [-0.4, -0.2) is 25.5 Å². The lowest BCUT2D eigenvalue weighted by atomic mass is 10.0. The highest BCUT2D eigenvalue weighted by Crippen LogP contribution is 2.07. The van der Waals surface area contributed by atoms with Crippen LogP contribution in [0.3, 0.4) is 0 Å². The molecular formula is C17H13N5O2. The number of rotatable bonds is 5. The molecule has 0 amide bonds. The van der Waals surface area contributed by atoms with E-state index in [0.29, 0.717) is 17.1 Å². The number of hydrogen-bond acceptors (Lipinski definition) is 5. The van der Waals surface area contributed by atoms with Gasteiger partial charge in [0.05, 0.1) is 11.6 Å². The van der Waals surface area contributed by atoms with E-state index in [2.05, 4.69) is 15.1 Å². The first kappa shape index (κ1) is 15.4. The second-order valence-electron chi connectivity index (χ2n) is 5.22. The van der Waals surface area contributed by atoms with Gasteiger partial charge in [0.2, 0.25) is 5.95 Å². The summed E-state index contributed by atoms with van der Waals surface area (Å²) >= 11 is 0. The van der Waals surface area contributed by atoms with Crippen LogP contribution in [-0.2, 0) is 17.6 Å². The lowest BCUT2D eigenvalue weighted by Gasteiger charge is -2.04. The molecule has 3 rings (SSSR count). The largest absolute Gasteiger partial charge is 0.299 e. The Morgan fingerprint density at radius 2 is 2.17 bits per heavy atom. The smallest absolute Gasteiger partial charge is 0.255 e. The Hall–Kier alpha value is -3.53. The lowest BCUT2D eigenvalue weighted by molar-refractivity contribution is -0.117. The van der Waals surface area contributed by atoms with Crippen molar-refractivity contribution >= 4 is 5.78 Å². The average Bonchev–Trinajstić information content (AvgIpc) is 3.11. The maximum absolute atomic E-state index is 12.2. The van der Waals surface area contributed by atoms with Crippen LogP contribution in [0.2, 0.25) is 0 Å². The molecule has 0 radical (unpaired) electrons. The van der Waals surface area contributed by atoms with Crippen molar-refractivity contribution < 1.29 is 4.79 Å². The standard InChI is InChI=1S/C17H13N5O2/c18-10-13-4-1-3-12(7-13)8-15(23)9-14-11-19-17(21-16(14)24)22-6-2-5-20-22/h1-7,11H,8-9H2,(H,19,21,24). The Bertz CT molecular complexity index is 967. The van der Waals surface area contributed by atoms with Crippen molar-refractivity contribution in [2.24, 2.45) is 0 Å². The Morgan fingerprint density at radius 3 is 2.88 bits per heavy atom. The van der Waals surface area contributed by atoms with Gasteiger partial charge in [-0.05, 0) is 23.8 Å². The second-order valence-corrected chi connectivity index (χ2v) is 5.22. The molecule has 0 saturated heterocycles. The predicted octanol–water partition coefficient (Wildman–Crippen LogP) is 1.18. The zero-order valence-electron chi connectivity index (χ0n) is 12.6. The van der Waals surface area contributed by atoms with Crippen LogP contribution in [0.4, 0.5) is 0 Å². The number of ketones is 1. The summed E-state index contributed by atoms with van der Waals surface area (Å²) in [6, 6.07) is 10.6. The van der Waals surface area contributed by atoms with Gasteiger partial charge in [-0.3, -0.25) is 14.6 Å². The number of carbonyl (C=O) groups excluding carboxylic acids is 1. The van der Waals surface area contributed by atoms with Crippen molar-refractivity contribution in [2.45, 2.75) is 12.8 Å². The van der Waals surface area contributed by atoms with E-state index in [-0.39, 0.29) is 24.2 Å². The molecule has 0 aliphatic carbocycles. The summed E-state index contributed by atoms with van der Waals surface area (Å²) in [6.07, 6.45) is 4.77. The highest BCUT2D eigenvalue weighted by molar-refractivity contribution is 5.83. The summed E-state index contributed by atoms with van der Waals surface area (Å²) in [5.74, 6) is 0.173. The van der Waals surface area contributed by atoms with Crippen LogP contribution in [0.25, 0.3) is 5.95 Å². The van der Waals surface area contributed by atoms with Gasteiger partial charge in [0.1, 0.15) is 5.78 Å². The van der Waals surface area contributed by atoms with Crippen molar-refractivity contribution in [2.75, 3.05) is 0 Å². The molecule has 118 valence electrons. The summed E-state index contributed by atoms with van der Waals surface area (Å²) in [6.45, 7) is 0. The third-order valence-corrected chi connectivity index (χ3v) is 3.43. The third-order valence-electron chi connectivity index (χ3n) is 3.43. The summed E-state index contributed by atoms with van der Waals surface area (Å²) in [7, 11) is 0. The minimum absolute atomic E-state index is 0.0154. The van der Waals surface area contributed by atoms with Crippen LogP contribution < -0.4 is 5.56 Å². The summed E-state index contributed by atoms with van der Waals surface area (Å²) in [4.78, 5) is 31.0. The first-order chi connectivity index (χ1) is 11.7. The number of nitriles is 1. The van der Waals surface area contributed by atoms with Gasteiger partial charge in [0.25, 0.3) is 5.56 Å². The molecule has 24 heavy (non-hydrogen) atoms. The van der Waals surface area contributed by atoms with Gasteiger partial charge in [-0.25, -0.2) is 9.67 Å².